The van der Waals surface area contributed by atoms with E-state index in [9.17, 15) is 9.59 Å². The number of unbranched alkanes of at least 4 members (excludes halogenated alkanes) is 1. The number of carbonyl (C=O) groups is 2. The van der Waals surface area contributed by atoms with E-state index < -0.39 is 5.97 Å². The van der Waals surface area contributed by atoms with Gasteiger partial charge in [0.05, 0.1) is 17.9 Å². The molecule has 6 nitrogen and oxygen atoms in total. The summed E-state index contributed by atoms with van der Waals surface area (Å²) in [4.78, 5) is 30.6. The van der Waals surface area contributed by atoms with E-state index in [1.807, 2.05) is 6.92 Å². The Hall–Kier alpha value is -2.38. The van der Waals surface area contributed by atoms with E-state index in [2.05, 4.69) is 27.7 Å². The fraction of sp³-hybridized carbons (Fsp3) is 0.455. The summed E-state index contributed by atoms with van der Waals surface area (Å²) in [6.45, 7) is 6.54. The lowest BCUT2D eigenvalue weighted by molar-refractivity contribution is 0.0501. The maximum Gasteiger partial charge on any atom is 0.340 e. The minimum Gasteiger partial charge on any atom is -0.462 e. The van der Waals surface area contributed by atoms with Gasteiger partial charge in [-0.25, -0.2) is 9.59 Å². The van der Waals surface area contributed by atoms with Crippen LogP contribution >= 0.6 is 11.3 Å². The van der Waals surface area contributed by atoms with E-state index in [4.69, 9.17) is 4.74 Å². The molecular weight excluding hydrogens is 386 g/mol. The van der Waals surface area contributed by atoms with Crippen LogP contribution in [0.3, 0.4) is 0 Å². The molecule has 3 rings (SSSR count). The summed E-state index contributed by atoms with van der Waals surface area (Å²) in [5.74, 6) is -0.396. The van der Waals surface area contributed by atoms with Crippen molar-refractivity contribution >= 4 is 29.0 Å². The lowest BCUT2D eigenvalue weighted by Gasteiger charge is -2.34. The van der Waals surface area contributed by atoms with E-state index >= 15 is 0 Å². The van der Waals surface area contributed by atoms with Crippen LogP contribution in [0.1, 0.15) is 35.0 Å². The Labute approximate surface area is 176 Å². The third-order valence-corrected chi connectivity index (χ3v) is 5.97. The average Bonchev–Trinajstić information content (AvgIpc) is 3.27. The molecule has 1 aliphatic rings. The molecule has 0 saturated carbocycles. The van der Waals surface area contributed by atoms with E-state index in [-0.39, 0.29) is 6.03 Å². The molecule has 0 unspecified atom stereocenters. The van der Waals surface area contributed by atoms with Crippen molar-refractivity contribution < 1.29 is 14.3 Å². The number of nitrogens with one attached hydrogen (secondary N) is 1. The number of hydrogen-bond donors (Lipinski definition) is 1. The number of anilines is 1. The van der Waals surface area contributed by atoms with Gasteiger partial charge in [0.15, 0.2) is 0 Å². The molecule has 0 spiro atoms. The number of nitrogens with zero attached hydrogens (tertiary/aromatic N) is 2. The molecular formula is C22H29N3O3S. The van der Waals surface area contributed by atoms with Crippen molar-refractivity contribution in [2.75, 3.05) is 44.6 Å². The SMILES string of the molecule is CCCCOC(=O)c1ccccc1NC(=O)N1CCN(CCc2cccs2)CC1. The van der Waals surface area contributed by atoms with Crippen LogP contribution < -0.4 is 5.32 Å². The summed E-state index contributed by atoms with van der Waals surface area (Å²) in [7, 11) is 0. The quantitative estimate of drug-likeness (QED) is 0.521. The number of amides is 2. The zero-order chi connectivity index (χ0) is 20.5. The predicted octanol–water partition coefficient (Wildman–Crippen LogP) is 4.10. The highest BCUT2D eigenvalue weighted by Crippen LogP contribution is 2.18. The van der Waals surface area contributed by atoms with Crippen molar-refractivity contribution in [3.63, 3.8) is 0 Å². The molecule has 1 saturated heterocycles. The smallest absolute Gasteiger partial charge is 0.340 e. The monoisotopic (exact) mass is 415 g/mol. The zero-order valence-electron chi connectivity index (χ0n) is 16.9. The van der Waals surface area contributed by atoms with Gasteiger partial charge in [-0.3, -0.25) is 4.90 Å². The Morgan fingerprint density at radius 2 is 1.90 bits per heavy atom. The predicted molar refractivity (Wildman–Crippen MR) is 117 cm³/mol. The third-order valence-electron chi connectivity index (χ3n) is 5.03. The van der Waals surface area contributed by atoms with Crippen LogP contribution in [0.5, 0.6) is 0 Å². The Morgan fingerprint density at radius 3 is 2.62 bits per heavy atom. The molecule has 29 heavy (non-hydrogen) atoms. The largest absolute Gasteiger partial charge is 0.462 e. The number of urea groups is 1. The van der Waals surface area contributed by atoms with Gasteiger partial charge in [-0.15, -0.1) is 11.3 Å². The number of esters is 1. The van der Waals surface area contributed by atoms with Gasteiger partial charge in [0.25, 0.3) is 0 Å². The number of thiophene rings is 1. The highest BCUT2D eigenvalue weighted by molar-refractivity contribution is 7.09. The first-order valence-corrected chi connectivity index (χ1v) is 11.1. The maximum atomic E-state index is 12.7. The van der Waals surface area contributed by atoms with E-state index in [1.165, 1.54) is 4.88 Å². The number of benzene rings is 1. The number of ether oxygens (including phenoxy) is 1. The van der Waals surface area contributed by atoms with Crippen LogP contribution in [0, 0.1) is 0 Å². The molecule has 2 amide bonds. The summed E-state index contributed by atoms with van der Waals surface area (Å²) in [5.41, 5.74) is 0.894. The van der Waals surface area contributed by atoms with Gasteiger partial charge in [0.1, 0.15) is 0 Å². The molecule has 1 N–H and O–H groups in total. The second-order valence-electron chi connectivity index (χ2n) is 7.12. The van der Waals surface area contributed by atoms with Gasteiger partial charge < -0.3 is 15.0 Å². The van der Waals surface area contributed by atoms with Crippen LogP contribution in [0.4, 0.5) is 10.5 Å². The first-order chi connectivity index (χ1) is 14.2. The molecule has 156 valence electrons. The lowest BCUT2D eigenvalue weighted by atomic mass is 10.2. The number of para-hydroxylation sites is 1. The number of rotatable bonds is 8. The van der Waals surface area contributed by atoms with Crippen LogP contribution in [0.25, 0.3) is 0 Å². The Kier molecular flexibility index (Phi) is 8.07. The molecule has 0 bridgehead atoms. The summed E-state index contributed by atoms with van der Waals surface area (Å²) in [6.07, 6.45) is 2.85. The van der Waals surface area contributed by atoms with E-state index in [0.717, 1.165) is 38.9 Å². The van der Waals surface area contributed by atoms with Crippen molar-refractivity contribution in [1.29, 1.82) is 0 Å². The van der Waals surface area contributed by atoms with E-state index in [1.54, 1.807) is 40.5 Å². The first-order valence-electron chi connectivity index (χ1n) is 10.2. The van der Waals surface area contributed by atoms with Gasteiger partial charge in [-0.1, -0.05) is 31.5 Å². The molecule has 1 aromatic heterocycles. The van der Waals surface area contributed by atoms with Gasteiger partial charge in [-0.05, 0) is 36.4 Å². The molecule has 7 heteroatoms. The molecule has 0 aliphatic carbocycles. The zero-order valence-corrected chi connectivity index (χ0v) is 17.7. The fourth-order valence-electron chi connectivity index (χ4n) is 3.25. The second kappa shape index (κ2) is 11.0. The van der Waals surface area contributed by atoms with Crippen LogP contribution in [0.15, 0.2) is 41.8 Å². The molecule has 1 fully saturated rings. The summed E-state index contributed by atoms with van der Waals surface area (Å²) >= 11 is 1.79. The van der Waals surface area contributed by atoms with Crippen molar-refractivity contribution in [3.8, 4) is 0 Å². The second-order valence-corrected chi connectivity index (χ2v) is 8.16. The average molecular weight is 416 g/mol. The van der Waals surface area contributed by atoms with Gasteiger partial charge in [-0.2, -0.15) is 0 Å². The number of piperazine rings is 1. The Morgan fingerprint density at radius 1 is 1.10 bits per heavy atom. The number of hydrogen-bond acceptors (Lipinski definition) is 5. The standard InChI is InChI=1S/C22H29N3O3S/c1-2-3-16-28-21(26)19-8-4-5-9-20(19)23-22(27)25-14-12-24(13-15-25)11-10-18-7-6-17-29-18/h4-9,17H,2-3,10-16H2,1H3,(H,23,27). The summed E-state index contributed by atoms with van der Waals surface area (Å²) < 4.78 is 5.30. The third kappa shape index (κ3) is 6.30. The van der Waals surface area contributed by atoms with Crippen molar-refractivity contribution in [2.45, 2.75) is 26.2 Å². The van der Waals surface area contributed by atoms with Gasteiger partial charge in [0.2, 0.25) is 0 Å². The minimum absolute atomic E-state index is 0.170. The normalized spacial score (nSPS) is 14.6. The van der Waals surface area contributed by atoms with E-state index in [0.29, 0.717) is 30.9 Å². The number of carbonyl (C=O) groups excluding carboxylic acids is 2. The Balaban J connectivity index is 1.49. The van der Waals surface area contributed by atoms with Crippen molar-refractivity contribution in [3.05, 3.63) is 52.2 Å². The molecule has 2 aromatic rings. The van der Waals surface area contributed by atoms with Crippen molar-refractivity contribution in [1.82, 2.24) is 9.80 Å². The molecule has 0 atom stereocenters. The molecule has 2 heterocycles. The lowest BCUT2D eigenvalue weighted by Crippen LogP contribution is -2.50. The summed E-state index contributed by atoms with van der Waals surface area (Å²) in [5, 5.41) is 5.00. The molecule has 0 radical (unpaired) electrons. The topological polar surface area (TPSA) is 61.9 Å². The van der Waals surface area contributed by atoms with Crippen molar-refractivity contribution in [2.24, 2.45) is 0 Å². The van der Waals surface area contributed by atoms with Crippen LogP contribution in [0.2, 0.25) is 0 Å². The fourth-order valence-corrected chi connectivity index (χ4v) is 3.95. The van der Waals surface area contributed by atoms with Gasteiger partial charge >= 0.3 is 12.0 Å². The first kappa shape index (κ1) is 21.3. The maximum absolute atomic E-state index is 12.7. The highest BCUT2D eigenvalue weighted by atomic mass is 32.1. The van der Waals surface area contributed by atoms with Crippen LogP contribution in [-0.2, 0) is 11.2 Å². The minimum atomic E-state index is -0.396. The van der Waals surface area contributed by atoms with Gasteiger partial charge in [0, 0.05) is 37.6 Å². The van der Waals surface area contributed by atoms with Crippen LogP contribution in [-0.4, -0.2) is 61.1 Å². The molecule has 1 aromatic carbocycles. The molecule has 1 aliphatic heterocycles. The Bertz CT molecular complexity index is 786. The summed E-state index contributed by atoms with van der Waals surface area (Å²) in [6, 6.07) is 11.1. The highest BCUT2D eigenvalue weighted by Gasteiger charge is 2.22.